The Morgan fingerprint density at radius 2 is 1.00 bits per heavy atom. The Kier molecular flexibility index (Phi) is 3.86. The number of phenols is 1. The van der Waals surface area contributed by atoms with E-state index in [0.717, 1.165) is 22.3 Å². The molecular weight excluding hydrogens is 244 g/mol. The molecule has 1 N–H and O–H groups in total. The first-order chi connectivity index (χ1) is 9.38. The van der Waals surface area contributed by atoms with Crippen LogP contribution in [-0.4, -0.2) is 5.11 Å². The van der Waals surface area contributed by atoms with Crippen molar-refractivity contribution in [2.45, 2.75) is 34.6 Å². The van der Waals surface area contributed by atoms with Crippen LogP contribution in [0.5, 0.6) is 5.75 Å². The Labute approximate surface area is 121 Å². The number of hydrogen-bond donors (Lipinski definition) is 1. The van der Waals surface area contributed by atoms with E-state index in [1.165, 1.54) is 16.7 Å². The molecular formula is C19H20O. The van der Waals surface area contributed by atoms with E-state index >= 15 is 0 Å². The van der Waals surface area contributed by atoms with Crippen molar-refractivity contribution in [1.29, 1.82) is 0 Å². The Hall–Kier alpha value is -2.20. The van der Waals surface area contributed by atoms with E-state index in [0.29, 0.717) is 5.75 Å². The lowest BCUT2D eigenvalue weighted by atomic mass is 9.98. The largest absolute Gasteiger partial charge is 0.508 e. The van der Waals surface area contributed by atoms with E-state index in [-0.39, 0.29) is 0 Å². The van der Waals surface area contributed by atoms with Crippen LogP contribution in [0.2, 0.25) is 0 Å². The van der Waals surface area contributed by atoms with Gasteiger partial charge in [-0.05, 0) is 69.0 Å². The lowest BCUT2D eigenvalue weighted by Gasteiger charge is -2.06. The second-order valence-corrected chi connectivity index (χ2v) is 5.48. The summed E-state index contributed by atoms with van der Waals surface area (Å²) in [5.74, 6) is 6.86. The van der Waals surface area contributed by atoms with Crippen molar-refractivity contribution >= 4 is 0 Å². The van der Waals surface area contributed by atoms with Gasteiger partial charge in [0, 0.05) is 11.1 Å². The van der Waals surface area contributed by atoms with Crippen LogP contribution < -0.4 is 0 Å². The molecule has 102 valence electrons. The molecule has 0 aliphatic rings. The standard InChI is InChI=1S/C19H20O/c1-12-8-13(2)18(14(3)9-12)6-7-19-15(4)10-17(20)11-16(19)5/h8-11,20H,1-5H3. The highest BCUT2D eigenvalue weighted by molar-refractivity contribution is 5.55. The summed E-state index contributed by atoms with van der Waals surface area (Å²) in [5, 5.41) is 9.57. The molecule has 0 amide bonds. The average molecular weight is 264 g/mol. The van der Waals surface area contributed by atoms with Gasteiger partial charge in [0.25, 0.3) is 0 Å². The summed E-state index contributed by atoms with van der Waals surface area (Å²) >= 11 is 0. The fourth-order valence-electron chi connectivity index (χ4n) is 2.64. The van der Waals surface area contributed by atoms with Crippen LogP contribution in [0, 0.1) is 46.5 Å². The third-order valence-electron chi connectivity index (χ3n) is 3.51. The van der Waals surface area contributed by atoms with E-state index in [4.69, 9.17) is 0 Å². The topological polar surface area (TPSA) is 20.2 Å². The third-order valence-corrected chi connectivity index (χ3v) is 3.51. The number of aryl methyl sites for hydroxylation is 5. The van der Waals surface area contributed by atoms with E-state index in [2.05, 4.69) is 44.7 Å². The van der Waals surface area contributed by atoms with Crippen LogP contribution in [0.1, 0.15) is 38.9 Å². The molecule has 0 aromatic heterocycles. The van der Waals surface area contributed by atoms with Gasteiger partial charge in [0.1, 0.15) is 5.75 Å². The molecule has 2 aromatic carbocycles. The molecule has 0 saturated carbocycles. The van der Waals surface area contributed by atoms with Crippen molar-refractivity contribution in [2.75, 3.05) is 0 Å². The summed E-state index contributed by atoms with van der Waals surface area (Å²) in [6.45, 7) is 10.3. The normalized spacial score (nSPS) is 10.1. The molecule has 20 heavy (non-hydrogen) atoms. The predicted octanol–water partition coefficient (Wildman–Crippen LogP) is 4.33. The van der Waals surface area contributed by atoms with Crippen LogP contribution in [0.3, 0.4) is 0 Å². The maximum absolute atomic E-state index is 9.57. The van der Waals surface area contributed by atoms with Gasteiger partial charge in [-0.15, -0.1) is 0 Å². The van der Waals surface area contributed by atoms with Crippen molar-refractivity contribution in [1.82, 2.24) is 0 Å². The molecule has 0 radical (unpaired) electrons. The van der Waals surface area contributed by atoms with Gasteiger partial charge in [0.05, 0.1) is 0 Å². The fraction of sp³-hybridized carbons (Fsp3) is 0.263. The highest BCUT2D eigenvalue weighted by Crippen LogP contribution is 2.20. The lowest BCUT2D eigenvalue weighted by molar-refractivity contribution is 0.474. The number of phenolic OH excluding ortho intramolecular Hbond substituents is 1. The summed E-state index contributed by atoms with van der Waals surface area (Å²) in [6.07, 6.45) is 0. The summed E-state index contributed by atoms with van der Waals surface area (Å²) in [5.41, 5.74) is 7.81. The summed E-state index contributed by atoms with van der Waals surface area (Å²) in [4.78, 5) is 0. The first kappa shape index (κ1) is 14.2. The summed E-state index contributed by atoms with van der Waals surface area (Å²) < 4.78 is 0. The first-order valence-corrected chi connectivity index (χ1v) is 6.78. The molecule has 0 bridgehead atoms. The minimum absolute atomic E-state index is 0.299. The van der Waals surface area contributed by atoms with Crippen LogP contribution in [0.25, 0.3) is 0 Å². The highest BCUT2D eigenvalue weighted by atomic mass is 16.3. The molecule has 1 heteroatoms. The lowest BCUT2D eigenvalue weighted by Crippen LogP contribution is -1.91. The molecule has 0 atom stereocenters. The van der Waals surface area contributed by atoms with Gasteiger partial charge < -0.3 is 5.11 Å². The smallest absolute Gasteiger partial charge is 0.116 e. The second kappa shape index (κ2) is 5.43. The average Bonchev–Trinajstić information content (AvgIpc) is 2.30. The van der Waals surface area contributed by atoms with E-state index in [9.17, 15) is 5.11 Å². The molecule has 2 rings (SSSR count). The molecule has 0 fully saturated rings. The van der Waals surface area contributed by atoms with Gasteiger partial charge in [-0.2, -0.15) is 0 Å². The van der Waals surface area contributed by atoms with Gasteiger partial charge in [-0.25, -0.2) is 0 Å². The zero-order valence-corrected chi connectivity index (χ0v) is 12.8. The zero-order valence-electron chi connectivity index (χ0n) is 12.8. The van der Waals surface area contributed by atoms with Crippen molar-refractivity contribution in [2.24, 2.45) is 0 Å². The van der Waals surface area contributed by atoms with Gasteiger partial charge in [-0.1, -0.05) is 29.5 Å². The maximum Gasteiger partial charge on any atom is 0.116 e. The Bertz CT molecular complexity index is 620. The Balaban J connectivity index is 2.52. The number of hydrogen-bond acceptors (Lipinski definition) is 1. The Morgan fingerprint density at radius 3 is 1.40 bits per heavy atom. The monoisotopic (exact) mass is 264 g/mol. The van der Waals surface area contributed by atoms with Crippen molar-refractivity contribution in [3.63, 3.8) is 0 Å². The minimum atomic E-state index is 0.299. The maximum atomic E-state index is 9.57. The van der Waals surface area contributed by atoms with Gasteiger partial charge in [0.2, 0.25) is 0 Å². The SMILES string of the molecule is Cc1cc(C)c(C#Cc2c(C)cc(O)cc2C)c(C)c1. The molecule has 0 aliphatic heterocycles. The molecule has 0 spiro atoms. The second-order valence-electron chi connectivity index (χ2n) is 5.48. The molecule has 0 unspecified atom stereocenters. The van der Waals surface area contributed by atoms with Gasteiger partial charge in [0.15, 0.2) is 0 Å². The first-order valence-electron chi connectivity index (χ1n) is 6.78. The van der Waals surface area contributed by atoms with Gasteiger partial charge in [-0.3, -0.25) is 0 Å². The Morgan fingerprint density at radius 1 is 0.650 bits per heavy atom. The summed E-state index contributed by atoms with van der Waals surface area (Å²) in [7, 11) is 0. The number of benzene rings is 2. The van der Waals surface area contributed by atoms with Crippen molar-refractivity contribution in [3.05, 3.63) is 63.2 Å². The summed E-state index contributed by atoms with van der Waals surface area (Å²) in [6, 6.07) is 7.83. The predicted molar refractivity (Wildman–Crippen MR) is 84.2 cm³/mol. The fourth-order valence-corrected chi connectivity index (χ4v) is 2.64. The van der Waals surface area contributed by atoms with Gasteiger partial charge >= 0.3 is 0 Å². The molecule has 0 aliphatic carbocycles. The van der Waals surface area contributed by atoms with Crippen LogP contribution in [0.15, 0.2) is 24.3 Å². The minimum Gasteiger partial charge on any atom is -0.508 e. The molecule has 2 aromatic rings. The van der Waals surface area contributed by atoms with E-state index in [1.807, 2.05) is 13.8 Å². The van der Waals surface area contributed by atoms with Crippen LogP contribution >= 0.6 is 0 Å². The molecule has 0 heterocycles. The van der Waals surface area contributed by atoms with E-state index in [1.54, 1.807) is 12.1 Å². The van der Waals surface area contributed by atoms with Crippen LogP contribution in [-0.2, 0) is 0 Å². The van der Waals surface area contributed by atoms with Crippen molar-refractivity contribution in [3.8, 4) is 17.6 Å². The highest BCUT2D eigenvalue weighted by Gasteiger charge is 2.03. The third kappa shape index (κ3) is 2.86. The molecule has 0 saturated heterocycles. The van der Waals surface area contributed by atoms with Crippen molar-refractivity contribution < 1.29 is 5.11 Å². The van der Waals surface area contributed by atoms with E-state index < -0.39 is 0 Å². The quantitative estimate of drug-likeness (QED) is 0.702. The number of rotatable bonds is 0. The number of aromatic hydroxyl groups is 1. The zero-order chi connectivity index (χ0) is 14.9. The molecule has 1 nitrogen and oxygen atoms in total. The van der Waals surface area contributed by atoms with Crippen LogP contribution in [0.4, 0.5) is 0 Å².